The first-order valence-corrected chi connectivity index (χ1v) is 6.75. The van der Waals surface area contributed by atoms with E-state index < -0.39 is 24.2 Å². The maximum Gasteiger partial charge on any atom is 0.407 e. The molecule has 106 valence electrons. The molecule has 2 rings (SSSR count). The van der Waals surface area contributed by atoms with Crippen LogP contribution in [0.15, 0.2) is 30.3 Å². The number of nitrogens with one attached hydrogen (secondary N) is 1. The van der Waals surface area contributed by atoms with Gasteiger partial charge in [0, 0.05) is 0 Å². The molecule has 1 saturated carbocycles. The molecule has 0 bridgehead atoms. The second-order valence-electron chi connectivity index (χ2n) is 4.97. The first kappa shape index (κ1) is 14.4. The van der Waals surface area contributed by atoms with E-state index in [2.05, 4.69) is 11.4 Å². The fraction of sp³-hybridized carbons (Fsp3) is 0.467. The van der Waals surface area contributed by atoms with Crippen molar-refractivity contribution in [2.45, 2.75) is 38.0 Å². The third-order valence-corrected chi connectivity index (χ3v) is 3.54. The molecule has 1 fully saturated rings. The number of benzene rings is 1. The fourth-order valence-corrected chi connectivity index (χ4v) is 2.39. The second kappa shape index (κ2) is 6.92. The van der Waals surface area contributed by atoms with E-state index >= 15 is 0 Å². The average Bonchev–Trinajstić information content (AvgIpc) is 2.48. The van der Waals surface area contributed by atoms with Crippen LogP contribution in [0.25, 0.3) is 0 Å². The lowest BCUT2D eigenvalue weighted by Gasteiger charge is -2.31. The van der Waals surface area contributed by atoms with Gasteiger partial charge in [-0.3, -0.25) is 0 Å². The number of ether oxygens (including phenoxy) is 1. The van der Waals surface area contributed by atoms with Crippen molar-refractivity contribution >= 4 is 6.09 Å². The number of nitriles is 1. The van der Waals surface area contributed by atoms with Gasteiger partial charge in [0.05, 0.1) is 24.1 Å². The summed E-state index contributed by atoms with van der Waals surface area (Å²) in [6.45, 7) is 0.192. The molecule has 2 N–H and O–H groups in total. The first-order chi connectivity index (χ1) is 9.70. The van der Waals surface area contributed by atoms with Crippen LogP contribution < -0.4 is 5.32 Å². The van der Waals surface area contributed by atoms with E-state index in [4.69, 9.17) is 10.00 Å². The fourth-order valence-electron chi connectivity index (χ4n) is 2.39. The Morgan fingerprint density at radius 3 is 2.85 bits per heavy atom. The van der Waals surface area contributed by atoms with Gasteiger partial charge in [0.2, 0.25) is 0 Å². The van der Waals surface area contributed by atoms with Gasteiger partial charge in [-0.2, -0.15) is 5.26 Å². The Bertz CT molecular complexity index is 484. The topological polar surface area (TPSA) is 82.4 Å². The molecular weight excluding hydrogens is 256 g/mol. The first-order valence-electron chi connectivity index (χ1n) is 6.75. The largest absolute Gasteiger partial charge is 0.445 e. The summed E-state index contributed by atoms with van der Waals surface area (Å²) < 4.78 is 5.10. The van der Waals surface area contributed by atoms with E-state index in [-0.39, 0.29) is 6.61 Å². The molecule has 0 unspecified atom stereocenters. The molecule has 0 spiro atoms. The molecule has 1 aliphatic rings. The third-order valence-electron chi connectivity index (χ3n) is 3.54. The summed E-state index contributed by atoms with van der Waals surface area (Å²) in [4.78, 5) is 11.7. The lowest BCUT2D eigenvalue weighted by atomic mass is 9.84. The Kier molecular flexibility index (Phi) is 4.97. The monoisotopic (exact) mass is 274 g/mol. The SMILES string of the molecule is N#C[C@@H]1CCC[C@@H](NC(=O)OCc2ccccc2)[C@H]1O. The van der Waals surface area contributed by atoms with Gasteiger partial charge in [0.25, 0.3) is 0 Å². The van der Waals surface area contributed by atoms with Crippen molar-refractivity contribution in [2.75, 3.05) is 0 Å². The number of nitrogens with zero attached hydrogens (tertiary/aromatic N) is 1. The Labute approximate surface area is 118 Å². The molecule has 1 amide bonds. The van der Waals surface area contributed by atoms with Crippen molar-refractivity contribution < 1.29 is 14.6 Å². The number of hydrogen-bond acceptors (Lipinski definition) is 4. The minimum absolute atomic E-state index is 0.192. The lowest BCUT2D eigenvalue weighted by Crippen LogP contribution is -2.48. The van der Waals surface area contributed by atoms with E-state index in [1.54, 1.807) is 0 Å². The molecule has 1 aromatic rings. The zero-order valence-corrected chi connectivity index (χ0v) is 11.2. The zero-order valence-electron chi connectivity index (χ0n) is 11.2. The normalized spacial score (nSPS) is 25.5. The molecule has 0 aromatic heterocycles. The van der Waals surface area contributed by atoms with E-state index in [1.165, 1.54) is 0 Å². The van der Waals surface area contributed by atoms with Crippen molar-refractivity contribution in [2.24, 2.45) is 5.92 Å². The van der Waals surface area contributed by atoms with Gasteiger partial charge in [-0.25, -0.2) is 4.79 Å². The Morgan fingerprint density at radius 2 is 2.15 bits per heavy atom. The van der Waals surface area contributed by atoms with Crippen molar-refractivity contribution in [1.29, 1.82) is 5.26 Å². The summed E-state index contributed by atoms with van der Waals surface area (Å²) in [5.41, 5.74) is 0.904. The number of carbonyl (C=O) groups is 1. The molecule has 1 aliphatic carbocycles. The maximum atomic E-state index is 11.7. The number of aliphatic hydroxyl groups excluding tert-OH is 1. The highest BCUT2D eigenvalue weighted by Crippen LogP contribution is 2.24. The number of hydrogen-bond donors (Lipinski definition) is 2. The summed E-state index contributed by atoms with van der Waals surface area (Å²) in [6.07, 6.45) is 0.780. The van der Waals surface area contributed by atoms with Crippen LogP contribution >= 0.6 is 0 Å². The smallest absolute Gasteiger partial charge is 0.407 e. The van der Waals surface area contributed by atoms with Crippen LogP contribution in [0, 0.1) is 17.2 Å². The van der Waals surface area contributed by atoms with Crippen molar-refractivity contribution in [3.8, 4) is 6.07 Å². The molecule has 1 aromatic carbocycles. The van der Waals surface area contributed by atoms with Gasteiger partial charge in [0.1, 0.15) is 6.61 Å². The van der Waals surface area contributed by atoms with Gasteiger partial charge in [0.15, 0.2) is 0 Å². The van der Waals surface area contributed by atoms with Crippen LogP contribution in [0.4, 0.5) is 4.79 Å². The minimum Gasteiger partial charge on any atom is -0.445 e. The third kappa shape index (κ3) is 3.72. The van der Waals surface area contributed by atoms with Crippen LogP contribution in [0.3, 0.4) is 0 Å². The Morgan fingerprint density at radius 1 is 1.40 bits per heavy atom. The average molecular weight is 274 g/mol. The lowest BCUT2D eigenvalue weighted by molar-refractivity contribution is 0.0540. The van der Waals surface area contributed by atoms with Crippen molar-refractivity contribution in [3.05, 3.63) is 35.9 Å². The van der Waals surface area contributed by atoms with Crippen LogP contribution in [0.2, 0.25) is 0 Å². The van der Waals surface area contributed by atoms with Crippen molar-refractivity contribution in [3.63, 3.8) is 0 Å². The molecule has 20 heavy (non-hydrogen) atoms. The molecule has 5 nitrogen and oxygen atoms in total. The summed E-state index contributed by atoms with van der Waals surface area (Å²) in [5, 5.41) is 21.5. The van der Waals surface area contributed by atoms with Gasteiger partial charge < -0.3 is 15.2 Å². The molecule has 0 aliphatic heterocycles. The number of carbonyl (C=O) groups excluding carboxylic acids is 1. The molecule has 0 radical (unpaired) electrons. The predicted molar refractivity (Wildman–Crippen MR) is 72.5 cm³/mol. The standard InChI is InChI=1S/C15H18N2O3/c16-9-12-7-4-8-13(14(12)18)17-15(19)20-10-11-5-2-1-3-6-11/h1-3,5-6,12-14,18H,4,7-8,10H2,(H,17,19)/t12-,13+,14-/m0/s1. The number of amides is 1. The molecule has 0 saturated heterocycles. The van der Waals surface area contributed by atoms with E-state index in [9.17, 15) is 9.90 Å². The summed E-state index contributed by atoms with van der Waals surface area (Å²) in [6, 6.07) is 11.0. The molecule has 5 heteroatoms. The number of aliphatic hydroxyl groups is 1. The summed E-state index contributed by atoms with van der Waals surface area (Å²) >= 11 is 0. The van der Waals surface area contributed by atoms with Crippen LogP contribution in [0.1, 0.15) is 24.8 Å². The maximum absolute atomic E-state index is 11.7. The Hall–Kier alpha value is -2.06. The summed E-state index contributed by atoms with van der Waals surface area (Å²) in [7, 11) is 0. The van der Waals surface area contributed by atoms with Gasteiger partial charge >= 0.3 is 6.09 Å². The Balaban J connectivity index is 1.81. The molecule has 3 atom stereocenters. The van der Waals surface area contributed by atoms with E-state index in [0.717, 1.165) is 12.0 Å². The number of alkyl carbamates (subject to hydrolysis) is 1. The van der Waals surface area contributed by atoms with Crippen molar-refractivity contribution in [1.82, 2.24) is 5.32 Å². The van der Waals surface area contributed by atoms with Crippen LogP contribution in [-0.4, -0.2) is 23.3 Å². The highest BCUT2D eigenvalue weighted by atomic mass is 16.5. The van der Waals surface area contributed by atoms with Gasteiger partial charge in [-0.1, -0.05) is 30.3 Å². The predicted octanol–water partition coefficient (Wildman–Crippen LogP) is 1.97. The molecule has 0 heterocycles. The van der Waals surface area contributed by atoms with Gasteiger partial charge in [-0.15, -0.1) is 0 Å². The second-order valence-corrected chi connectivity index (χ2v) is 4.97. The van der Waals surface area contributed by atoms with E-state index in [1.807, 2.05) is 30.3 Å². The van der Waals surface area contributed by atoms with E-state index in [0.29, 0.717) is 12.8 Å². The summed E-state index contributed by atoms with van der Waals surface area (Å²) in [5.74, 6) is -0.414. The highest BCUT2D eigenvalue weighted by molar-refractivity contribution is 5.67. The number of rotatable bonds is 3. The zero-order chi connectivity index (χ0) is 14.4. The minimum atomic E-state index is -0.821. The van der Waals surface area contributed by atoms with Crippen LogP contribution in [-0.2, 0) is 11.3 Å². The highest BCUT2D eigenvalue weighted by Gasteiger charge is 2.33. The molecular formula is C15H18N2O3. The quantitative estimate of drug-likeness (QED) is 0.882. The van der Waals surface area contributed by atoms with Gasteiger partial charge in [-0.05, 0) is 24.8 Å². The van der Waals surface area contributed by atoms with Crippen LogP contribution in [0.5, 0.6) is 0 Å².